The monoisotopic (exact) mass is 264 g/mol. The summed E-state index contributed by atoms with van der Waals surface area (Å²) in [6.07, 6.45) is 4.92. The molecule has 0 aromatic carbocycles. The third-order valence-corrected chi connectivity index (χ3v) is 3.69. The van der Waals surface area contributed by atoms with E-state index in [9.17, 15) is 0 Å². The van der Waals surface area contributed by atoms with Gasteiger partial charge in [0.05, 0.1) is 10.0 Å². The Morgan fingerprint density at radius 3 is 2.67 bits per heavy atom. The number of pyridine rings is 1. The first-order chi connectivity index (χ1) is 7.09. The van der Waals surface area contributed by atoms with E-state index in [-0.39, 0.29) is 11.2 Å². The zero-order chi connectivity index (χ0) is 11.0. The molecule has 2 nitrogen and oxygen atoms in total. The maximum atomic E-state index is 6.05. The lowest BCUT2D eigenvalue weighted by atomic mass is 10.0. The standard InChI is InChI=1S/C10H11Cl3N2/c11-6-4-15-10(13)9(12)8(6)7(14)3-5-1-2-5/h4-5,7H,1-3,14H2/t7-/m1/s1. The van der Waals surface area contributed by atoms with E-state index in [1.165, 1.54) is 19.0 Å². The lowest BCUT2D eigenvalue weighted by Crippen LogP contribution is -2.12. The Kier molecular flexibility index (Phi) is 3.41. The van der Waals surface area contributed by atoms with Gasteiger partial charge in [-0.05, 0) is 12.3 Å². The number of nitrogens with two attached hydrogens (primary N) is 1. The third kappa shape index (κ3) is 2.56. The van der Waals surface area contributed by atoms with Gasteiger partial charge in [0, 0.05) is 17.8 Å². The molecule has 1 saturated carbocycles. The van der Waals surface area contributed by atoms with Gasteiger partial charge >= 0.3 is 0 Å². The molecule has 1 heterocycles. The summed E-state index contributed by atoms with van der Waals surface area (Å²) < 4.78 is 0. The van der Waals surface area contributed by atoms with Crippen LogP contribution in [0.3, 0.4) is 0 Å². The molecular formula is C10H11Cl3N2. The highest BCUT2D eigenvalue weighted by Gasteiger charge is 2.27. The van der Waals surface area contributed by atoms with E-state index in [0.717, 1.165) is 17.9 Å². The molecule has 0 amide bonds. The Bertz CT molecular complexity index is 377. The van der Waals surface area contributed by atoms with Crippen molar-refractivity contribution in [3.8, 4) is 0 Å². The summed E-state index contributed by atoms with van der Waals surface area (Å²) in [6.45, 7) is 0. The number of hydrogen-bond acceptors (Lipinski definition) is 2. The molecule has 0 bridgehead atoms. The van der Waals surface area contributed by atoms with E-state index >= 15 is 0 Å². The summed E-state index contributed by atoms with van der Waals surface area (Å²) in [5, 5.41) is 1.15. The molecule has 1 aromatic rings. The fourth-order valence-electron chi connectivity index (χ4n) is 1.63. The van der Waals surface area contributed by atoms with Crippen LogP contribution in [-0.4, -0.2) is 4.98 Å². The molecule has 1 fully saturated rings. The summed E-state index contributed by atoms with van der Waals surface area (Å²) in [7, 11) is 0. The van der Waals surface area contributed by atoms with Gasteiger partial charge in [0.2, 0.25) is 0 Å². The lowest BCUT2D eigenvalue weighted by Gasteiger charge is -2.15. The van der Waals surface area contributed by atoms with Crippen LogP contribution >= 0.6 is 34.8 Å². The van der Waals surface area contributed by atoms with Crippen LogP contribution in [-0.2, 0) is 0 Å². The van der Waals surface area contributed by atoms with Gasteiger partial charge in [0.15, 0.2) is 0 Å². The predicted molar refractivity (Wildman–Crippen MR) is 63.5 cm³/mol. The maximum absolute atomic E-state index is 6.05. The van der Waals surface area contributed by atoms with Gasteiger partial charge in [-0.3, -0.25) is 0 Å². The van der Waals surface area contributed by atoms with Gasteiger partial charge in [-0.25, -0.2) is 4.98 Å². The smallest absolute Gasteiger partial charge is 0.148 e. The van der Waals surface area contributed by atoms with E-state index in [1.54, 1.807) is 0 Å². The van der Waals surface area contributed by atoms with Crippen molar-refractivity contribution in [2.45, 2.75) is 25.3 Å². The molecule has 0 radical (unpaired) electrons. The Morgan fingerprint density at radius 2 is 2.07 bits per heavy atom. The molecule has 0 saturated heterocycles. The molecule has 82 valence electrons. The summed E-state index contributed by atoms with van der Waals surface area (Å²) >= 11 is 17.9. The van der Waals surface area contributed by atoms with Crippen LogP contribution in [0.15, 0.2) is 6.20 Å². The van der Waals surface area contributed by atoms with Crippen LogP contribution in [0.5, 0.6) is 0 Å². The van der Waals surface area contributed by atoms with Crippen LogP contribution in [0.4, 0.5) is 0 Å². The van der Waals surface area contributed by atoms with Gasteiger partial charge in [-0.1, -0.05) is 47.6 Å². The topological polar surface area (TPSA) is 38.9 Å². The van der Waals surface area contributed by atoms with Crippen molar-refractivity contribution in [2.24, 2.45) is 11.7 Å². The fourth-order valence-corrected chi connectivity index (χ4v) is 2.40. The molecule has 0 spiro atoms. The molecule has 2 N–H and O–H groups in total. The van der Waals surface area contributed by atoms with Gasteiger partial charge in [-0.15, -0.1) is 0 Å². The Balaban J connectivity index is 2.27. The Morgan fingerprint density at radius 1 is 1.40 bits per heavy atom. The zero-order valence-corrected chi connectivity index (χ0v) is 10.3. The predicted octanol–water partition coefficient (Wildman–Crippen LogP) is 3.84. The van der Waals surface area contributed by atoms with Gasteiger partial charge in [-0.2, -0.15) is 0 Å². The van der Waals surface area contributed by atoms with Crippen molar-refractivity contribution in [2.75, 3.05) is 0 Å². The molecule has 1 aliphatic rings. The lowest BCUT2D eigenvalue weighted by molar-refractivity contribution is 0.597. The van der Waals surface area contributed by atoms with E-state index in [2.05, 4.69) is 4.98 Å². The van der Waals surface area contributed by atoms with Gasteiger partial charge in [0.1, 0.15) is 5.15 Å². The van der Waals surface area contributed by atoms with E-state index in [1.807, 2.05) is 0 Å². The molecule has 2 rings (SSSR count). The normalized spacial score (nSPS) is 17.9. The number of hydrogen-bond donors (Lipinski definition) is 1. The van der Waals surface area contributed by atoms with Crippen molar-refractivity contribution in [1.82, 2.24) is 4.98 Å². The van der Waals surface area contributed by atoms with Crippen LogP contribution in [0.2, 0.25) is 15.2 Å². The first kappa shape index (κ1) is 11.5. The first-order valence-electron chi connectivity index (χ1n) is 4.84. The van der Waals surface area contributed by atoms with Crippen LogP contribution in [0.1, 0.15) is 30.9 Å². The van der Waals surface area contributed by atoms with E-state index < -0.39 is 0 Å². The molecule has 5 heteroatoms. The molecule has 0 unspecified atom stereocenters. The van der Waals surface area contributed by atoms with Crippen molar-refractivity contribution in [3.63, 3.8) is 0 Å². The molecule has 1 atom stereocenters. The third-order valence-electron chi connectivity index (χ3n) is 2.62. The van der Waals surface area contributed by atoms with Crippen molar-refractivity contribution in [3.05, 3.63) is 27.0 Å². The molecular weight excluding hydrogens is 254 g/mol. The average molecular weight is 266 g/mol. The second kappa shape index (κ2) is 4.46. The Hall–Kier alpha value is -0.0200. The summed E-state index contributed by atoms with van der Waals surface area (Å²) in [4.78, 5) is 3.86. The van der Waals surface area contributed by atoms with Crippen LogP contribution in [0, 0.1) is 5.92 Å². The van der Waals surface area contributed by atoms with Crippen molar-refractivity contribution < 1.29 is 0 Å². The van der Waals surface area contributed by atoms with Crippen molar-refractivity contribution in [1.29, 1.82) is 0 Å². The largest absolute Gasteiger partial charge is 0.324 e. The SMILES string of the molecule is N[C@H](CC1CC1)c1c(Cl)cnc(Cl)c1Cl. The molecule has 15 heavy (non-hydrogen) atoms. The number of halogens is 3. The first-order valence-corrected chi connectivity index (χ1v) is 5.98. The zero-order valence-electron chi connectivity index (χ0n) is 8.01. The molecule has 1 aliphatic carbocycles. The maximum Gasteiger partial charge on any atom is 0.148 e. The van der Waals surface area contributed by atoms with Gasteiger partial charge < -0.3 is 5.73 Å². The second-order valence-electron chi connectivity index (χ2n) is 3.91. The van der Waals surface area contributed by atoms with E-state index in [4.69, 9.17) is 40.5 Å². The quantitative estimate of drug-likeness (QED) is 0.843. The summed E-state index contributed by atoms with van der Waals surface area (Å²) in [5.41, 5.74) is 6.78. The van der Waals surface area contributed by atoms with Crippen LogP contribution < -0.4 is 5.73 Å². The van der Waals surface area contributed by atoms with Gasteiger partial charge in [0.25, 0.3) is 0 Å². The minimum atomic E-state index is -0.141. The highest BCUT2D eigenvalue weighted by molar-refractivity contribution is 6.43. The highest BCUT2D eigenvalue weighted by Crippen LogP contribution is 2.41. The average Bonchev–Trinajstić information content (AvgIpc) is 2.96. The Labute approximate surface area is 104 Å². The number of aromatic nitrogens is 1. The van der Waals surface area contributed by atoms with Crippen molar-refractivity contribution >= 4 is 34.8 Å². The second-order valence-corrected chi connectivity index (χ2v) is 5.05. The summed E-state index contributed by atoms with van der Waals surface area (Å²) in [6, 6.07) is -0.141. The molecule has 1 aromatic heterocycles. The number of nitrogens with zero attached hydrogens (tertiary/aromatic N) is 1. The highest BCUT2D eigenvalue weighted by atomic mass is 35.5. The molecule has 0 aliphatic heterocycles. The minimum absolute atomic E-state index is 0.141. The minimum Gasteiger partial charge on any atom is -0.324 e. The fraction of sp³-hybridized carbons (Fsp3) is 0.500. The van der Waals surface area contributed by atoms with E-state index in [0.29, 0.717) is 10.0 Å². The summed E-state index contributed by atoms with van der Waals surface area (Å²) in [5.74, 6) is 0.721. The number of rotatable bonds is 3. The van der Waals surface area contributed by atoms with Crippen LogP contribution in [0.25, 0.3) is 0 Å².